The summed E-state index contributed by atoms with van der Waals surface area (Å²) in [7, 11) is 0. The zero-order valence-electron chi connectivity index (χ0n) is 14.4. The lowest BCUT2D eigenvalue weighted by molar-refractivity contribution is -0.167. The van der Waals surface area contributed by atoms with Gasteiger partial charge in [-0.2, -0.15) is 0 Å². The Morgan fingerprint density at radius 3 is 1.95 bits per heavy atom. The second kappa shape index (κ2) is 14.9. The van der Waals surface area contributed by atoms with Crippen LogP contribution in [0, 0.1) is 0 Å². The first-order valence-electron chi connectivity index (χ1n) is 8.82. The molecule has 4 heteroatoms. The van der Waals surface area contributed by atoms with E-state index in [1.165, 1.54) is 51.4 Å². The molecule has 0 spiro atoms. The highest BCUT2D eigenvalue weighted by Gasteiger charge is 2.13. The summed E-state index contributed by atoms with van der Waals surface area (Å²) in [5.74, 6) is -0.704. The normalized spacial score (nSPS) is 12.0. The van der Waals surface area contributed by atoms with Crippen molar-refractivity contribution in [2.75, 3.05) is 6.61 Å². The Kier molecular flexibility index (Phi) is 14.2. The maximum absolute atomic E-state index is 11.4. The molecule has 22 heavy (non-hydrogen) atoms. The third-order valence-corrected chi connectivity index (χ3v) is 3.59. The number of ether oxygens (including phenoxy) is 2. The van der Waals surface area contributed by atoms with Crippen molar-refractivity contribution in [3.05, 3.63) is 12.3 Å². The molecular weight excluding hydrogens is 280 g/mol. The van der Waals surface area contributed by atoms with Crippen LogP contribution in [0.4, 0.5) is 0 Å². The fraction of sp³-hybridized carbons (Fsp3) is 0.833. The molecule has 0 aromatic heterocycles. The molecule has 0 saturated heterocycles. The van der Waals surface area contributed by atoms with Gasteiger partial charge < -0.3 is 14.6 Å². The molecule has 0 amide bonds. The van der Waals surface area contributed by atoms with Crippen molar-refractivity contribution in [3.63, 3.8) is 0 Å². The van der Waals surface area contributed by atoms with Gasteiger partial charge in [0.05, 0.1) is 6.61 Å². The third-order valence-electron chi connectivity index (χ3n) is 3.59. The van der Waals surface area contributed by atoms with Gasteiger partial charge in [-0.3, -0.25) is 0 Å². The van der Waals surface area contributed by atoms with Crippen molar-refractivity contribution in [2.45, 2.75) is 90.8 Å². The van der Waals surface area contributed by atoms with Crippen molar-refractivity contribution in [1.82, 2.24) is 0 Å². The summed E-state index contributed by atoms with van der Waals surface area (Å²) in [5, 5.41) is 9.20. The van der Waals surface area contributed by atoms with E-state index in [1.54, 1.807) is 6.92 Å². The molecular formula is C18H34O4. The van der Waals surface area contributed by atoms with Crippen LogP contribution in [0.1, 0.15) is 84.5 Å². The lowest BCUT2D eigenvalue weighted by Gasteiger charge is -2.12. The average molecular weight is 314 g/mol. The third kappa shape index (κ3) is 12.7. The molecule has 0 saturated carbocycles. The van der Waals surface area contributed by atoms with E-state index in [-0.39, 0.29) is 5.76 Å². The molecule has 0 aliphatic rings. The Hall–Kier alpha value is -1.03. The van der Waals surface area contributed by atoms with Crippen LogP contribution < -0.4 is 0 Å². The predicted octanol–water partition coefficient (Wildman–Crippen LogP) is 4.71. The molecule has 0 aromatic rings. The minimum absolute atomic E-state index is 0.0246. The fourth-order valence-electron chi connectivity index (χ4n) is 2.12. The second-order valence-electron chi connectivity index (χ2n) is 5.72. The number of hydrogen-bond acceptors (Lipinski definition) is 4. The van der Waals surface area contributed by atoms with E-state index in [4.69, 9.17) is 9.47 Å². The molecule has 0 aliphatic heterocycles. The van der Waals surface area contributed by atoms with E-state index in [0.29, 0.717) is 13.0 Å². The van der Waals surface area contributed by atoms with Gasteiger partial charge in [0.1, 0.15) is 0 Å². The fourth-order valence-corrected chi connectivity index (χ4v) is 2.12. The summed E-state index contributed by atoms with van der Waals surface area (Å²) in [6.07, 6.45) is 11.8. The Balaban J connectivity index is 3.35. The van der Waals surface area contributed by atoms with Crippen LogP contribution in [-0.2, 0) is 14.3 Å². The van der Waals surface area contributed by atoms with Gasteiger partial charge in [-0.25, -0.2) is 4.79 Å². The summed E-state index contributed by atoms with van der Waals surface area (Å²) in [5.41, 5.74) is 0. The number of aliphatic hydroxyl groups excluding tert-OH is 1. The molecule has 0 fully saturated rings. The van der Waals surface area contributed by atoms with Crippen LogP contribution in [0.5, 0.6) is 0 Å². The van der Waals surface area contributed by atoms with E-state index in [2.05, 4.69) is 13.5 Å². The van der Waals surface area contributed by atoms with Crippen molar-refractivity contribution < 1.29 is 19.4 Å². The second-order valence-corrected chi connectivity index (χ2v) is 5.72. The smallest absolute Gasteiger partial charge is 0.375 e. The number of esters is 1. The standard InChI is InChI=1S/C18H34O4/c1-4-6-7-8-9-10-11-12-13-14-15-21-16(3)18(20)22-17(19)5-2/h17,19H,3-15H2,1-2H3. The monoisotopic (exact) mass is 314 g/mol. The molecule has 4 nitrogen and oxygen atoms in total. The first-order chi connectivity index (χ1) is 10.6. The maximum atomic E-state index is 11.4. The molecule has 0 radical (unpaired) electrons. The van der Waals surface area contributed by atoms with Crippen LogP contribution in [0.25, 0.3) is 0 Å². The molecule has 0 aromatic carbocycles. The summed E-state index contributed by atoms with van der Waals surface area (Å²) < 4.78 is 9.94. The van der Waals surface area contributed by atoms with Crippen molar-refractivity contribution in [3.8, 4) is 0 Å². The topological polar surface area (TPSA) is 55.8 Å². The lowest BCUT2D eigenvalue weighted by atomic mass is 10.1. The largest absolute Gasteiger partial charge is 0.487 e. The molecule has 0 bridgehead atoms. The maximum Gasteiger partial charge on any atom is 0.375 e. The van der Waals surface area contributed by atoms with Crippen LogP contribution in [0.2, 0.25) is 0 Å². The quantitative estimate of drug-likeness (QED) is 0.156. The van der Waals surface area contributed by atoms with Crippen LogP contribution in [0.3, 0.4) is 0 Å². The molecule has 130 valence electrons. The summed E-state index contributed by atoms with van der Waals surface area (Å²) in [6.45, 7) is 7.96. The summed E-state index contributed by atoms with van der Waals surface area (Å²) in [4.78, 5) is 11.4. The number of unbranched alkanes of at least 4 members (excludes halogenated alkanes) is 9. The van der Waals surface area contributed by atoms with Gasteiger partial charge in [-0.15, -0.1) is 0 Å². The average Bonchev–Trinajstić information content (AvgIpc) is 2.52. The van der Waals surface area contributed by atoms with E-state index < -0.39 is 12.3 Å². The number of carbonyl (C=O) groups excluding carboxylic acids is 1. The van der Waals surface area contributed by atoms with Gasteiger partial charge in [-0.1, -0.05) is 71.6 Å². The number of aliphatic hydroxyl groups is 1. The van der Waals surface area contributed by atoms with Crippen LogP contribution in [0.15, 0.2) is 12.3 Å². The van der Waals surface area contributed by atoms with E-state index in [0.717, 1.165) is 12.8 Å². The Morgan fingerprint density at radius 1 is 0.955 bits per heavy atom. The Bertz CT molecular complexity index is 289. The number of hydrogen-bond donors (Lipinski definition) is 1. The van der Waals surface area contributed by atoms with Gasteiger partial charge in [0.2, 0.25) is 6.29 Å². The molecule has 1 atom stereocenters. The SMILES string of the molecule is C=C(OCCCCCCCCCCCC)C(=O)OC(O)CC. The number of rotatable bonds is 15. The first-order valence-corrected chi connectivity index (χ1v) is 8.82. The highest BCUT2D eigenvalue weighted by molar-refractivity contribution is 5.85. The van der Waals surface area contributed by atoms with Gasteiger partial charge in [0.15, 0.2) is 5.76 Å². The van der Waals surface area contributed by atoms with Gasteiger partial charge in [-0.05, 0) is 13.0 Å². The molecule has 1 unspecified atom stereocenters. The molecule has 0 heterocycles. The predicted molar refractivity (Wildman–Crippen MR) is 89.3 cm³/mol. The first kappa shape index (κ1) is 21.0. The van der Waals surface area contributed by atoms with Crippen LogP contribution in [-0.4, -0.2) is 24.0 Å². The lowest BCUT2D eigenvalue weighted by Crippen LogP contribution is -2.19. The van der Waals surface area contributed by atoms with Gasteiger partial charge in [0.25, 0.3) is 0 Å². The molecule has 0 aliphatic carbocycles. The van der Waals surface area contributed by atoms with E-state index in [9.17, 15) is 9.90 Å². The van der Waals surface area contributed by atoms with Crippen LogP contribution >= 0.6 is 0 Å². The molecule has 0 rings (SSSR count). The van der Waals surface area contributed by atoms with E-state index >= 15 is 0 Å². The number of carbonyl (C=O) groups is 1. The van der Waals surface area contributed by atoms with Gasteiger partial charge >= 0.3 is 5.97 Å². The highest BCUT2D eigenvalue weighted by Crippen LogP contribution is 2.11. The Labute approximate surface area is 135 Å². The zero-order chi connectivity index (χ0) is 16.6. The summed E-state index contributed by atoms with van der Waals surface area (Å²) in [6, 6.07) is 0. The zero-order valence-corrected chi connectivity index (χ0v) is 14.4. The van der Waals surface area contributed by atoms with E-state index in [1.807, 2.05) is 0 Å². The molecule has 1 N–H and O–H groups in total. The van der Waals surface area contributed by atoms with Crippen molar-refractivity contribution >= 4 is 5.97 Å². The highest BCUT2D eigenvalue weighted by atomic mass is 16.6. The minimum Gasteiger partial charge on any atom is -0.487 e. The van der Waals surface area contributed by atoms with Gasteiger partial charge in [0, 0.05) is 6.42 Å². The minimum atomic E-state index is -1.08. The van der Waals surface area contributed by atoms with Crippen molar-refractivity contribution in [1.29, 1.82) is 0 Å². The summed E-state index contributed by atoms with van der Waals surface area (Å²) >= 11 is 0. The van der Waals surface area contributed by atoms with Crippen molar-refractivity contribution in [2.24, 2.45) is 0 Å². The Morgan fingerprint density at radius 2 is 1.45 bits per heavy atom.